The molecule has 2 N–H and O–H groups in total. The molecule has 1 rings (SSSR count). The van der Waals surface area contributed by atoms with Crippen molar-refractivity contribution >= 4 is 5.91 Å². The van der Waals surface area contributed by atoms with E-state index in [2.05, 4.69) is 0 Å². The molecular weight excluding hydrogens is 254 g/mol. The van der Waals surface area contributed by atoms with Gasteiger partial charge < -0.3 is 15.4 Å². The van der Waals surface area contributed by atoms with Crippen LogP contribution in [-0.4, -0.2) is 44.0 Å². The van der Waals surface area contributed by atoms with Crippen LogP contribution in [0.3, 0.4) is 0 Å². The largest absolute Gasteiger partial charge is 0.497 e. The first kappa shape index (κ1) is 15.4. The van der Waals surface area contributed by atoms with Gasteiger partial charge >= 0.3 is 0 Å². The Hall–Kier alpha value is -1.69. The van der Waals surface area contributed by atoms with Gasteiger partial charge in [-0.15, -0.1) is 0 Å². The van der Waals surface area contributed by atoms with E-state index < -0.39 is 13.0 Å². The van der Waals surface area contributed by atoms with Gasteiger partial charge in [-0.1, -0.05) is 12.1 Å². The van der Waals surface area contributed by atoms with Gasteiger partial charge in [0.15, 0.2) is 0 Å². The molecule has 0 aromatic heterocycles. The van der Waals surface area contributed by atoms with Crippen molar-refractivity contribution in [3.63, 3.8) is 0 Å². The molecule has 1 amide bonds. The lowest BCUT2D eigenvalue weighted by molar-refractivity contribution is -0.132. The Morgan fingerprint density at radius 1 is 1.47 bits per heavy atom. The number of nitrogens with zero attached hydrogens (tertiary/aromatic N) is 1. The Labute approximate surface area is 111 Å². The first-order chi connectivity index (χ1) is 9.06. The number of amides is 1. The summed E-state index contributed by atoms with van der Waals surface area (Å²) in [5.41, 5.74) is 6.05. The molecule has 19 heavy (non-hydrogen) atoms. The van der Waals surface area contributed by atoms with Crippen molar-refractivity contribution in [2.45, 2.75) is 12.8 Å². The quantitative estimate of drug-likeness (QED) is 0.813. The van der Waals surface area contributed by atoms with E-state index in [1.807, 2.05) is 0 Å². The number of hydrogen-bond acceptors (Lipinski definition) is 3. The smallest absolute Gasteiger partial charge is 0.255 e. The van der Waals surface area contributed by atoms with Crippen LogP contribution in [0.1, 0.15) is 5.56 Å². The third kappa shape index (κ3) is 5.21. The number of nitrogens with two attached hydrogens (primary N) is 1. The number of benzene rings is 1. The number of hydrogen-bond donors (Lipinski definition) is 1. The van der Waals surface area contributed by atoms with Crippen molar-refractivity contribution < 1.29 is 18.3 Å². The van der Waals surface area contributed by atoms with E-state index in [0.717, 1.165) is 10.5 Å². The summed E-state index contributed by atoms with van der Waals surface area (Å²) in [7, 11) is 1.53. The number of methoxy groups -OCH3 is 1. The molecule has 0 fully saturated rings. The van der Waals surface area contributed by atoms with Gasteiger partial charge in [-0.2, -0.15) is 0 Å². The lowest BCUT2D eigenvalue weighted by atomic mass is 10.1. The molecule has 0 aliphatic rings. The summed E-state index contributed by atoms with van der Waals surface area (Å²) in [6, 6.07) is 6.97. The van der Waals surface area contributed by atoms with Gasteiger partial charge in [-0.05, 0) is 17.7 Å². The van der Waals surface area contributed by atoms with E-state index in [0.29, 0.717) is 5.75 Å². The summed E-state index contributed by atoms with van der Waals surface area (Å²) in [5, 5.41) is 0. The molecule has 0 atom stereocenters. The fourth-order valence-corrected chi connectivity index (χ4v) is 1.71. The summed E-state index contributed by atoms with van der Waals surface area (Å²) < 4.78 is 29.8. The Morgan fingerprint density at radius 3 is 2.79 bits per heavy atom. The van der Waals surface area contributed by atoms with Crippen LogP contribution in [0.15, 0.2) is 24.3 Å². The SMILES string of the molecule is COc1cccc(CC(=O)N(CCN)CC(F)F)c1. The highest BCUT2D eigenvalue weighted by atomic mass is 19.3. The maximum atomic E-state index is 12.4. The standard InChI is InChI=1S/C13H18F2N2O2/c1-19-11-4-2-3-10(7-11)8-13(18)17(6-5-16)9-12(14)15/h2-4,7,12H,5-6,8-9,16H2,1H3. The number of rotatable bonds is 7. The van der Waals surface area contributed by atoms with Gasteiger partial charge in [0, 0.05) is 13.1 Å². The summed E-state index contributed by atoms with van der Waals surface area (Å²) in [5.74, 6) is 0.267. The molecule has 0 heterocycles. The average Bonchev–Trinajstić information content (AvgIpc) is 2.38. The van der Waals surface area contributed by atoms with Crippen molar-refractivity contribution in [3.05, 3.63) is 29.8 Å². The van der Waals surface area contributed by atoms with E-state index in [4.69, 9.17) is 10.5 Å². The van der Waals surface area contributed by atoms with Gasteiger partial charge in [0.25, 0.3) is 6.43 Å². The normalized spacial score (nSPS) is 10.6. The maximum Gasteiger partial charge on any atom is 0.255 e. The monoisotopic (exact) mass is 272 g/mol. The average molecular weight is 272 g/mol. The zero-order chi connectivity index (χ0) is 14.3. The number of carbonyl (C=O) groups excluding carboxylic acids is 1. The third-order valence-electron chi connectivity index (χ3n) is 2.60. The summed E-state index contributed by atoms with van der Waals surface area (Å²) in [4.78, 5) is 13.0. The Morgan fingerprint density at radius 2 is 2.21 bits per heavy atom. The van der Waals surface area contributed by atoms with Crippen molar-refractivity contribution in [1.29, 1.82) is 0 Å². The van der Waals surface area contributed by atoms with Gasteiger partial charge in [0.1, 0.15) is 5.75 Å². The fraction of sp³-hybridized carbons (Fsp3) is 0.462. The predicted molar refractivity (Wildman–Crippen MR) is 68.3 cm³/mol. The van der Waals surface area contributed by atoms with Crippen molar-refractivity contribution in [2.75, 3.05) is 26.7 Å². The minimum Gasteiger partial charge on any atom is -0.497 e. The molecule has 0 saturated carbocycles. The van der Waals surface area contributed by atoms with E-state index in [1.165, 1.54) is 7.11 Å². The van der Waals surface area contributed by atoms with Crippen LogP contribution in [0.25, 0.3) is 0 Å². The number of carbonyl (C=O) groups is 1. The second-order valence-corrected chi connectivity index (χ2v) is 4.05. The zero-order valence-electron chi connectivity index (χ0n) is 10.8. The highest BCUT2D eigenvalue weighted by molar-refractivity contribution is 5.79. The van der Waals surface area contributed by atoms with E-state index in [1.54, 1.807) is 24.3 Å². The van der Waals surface area contributed by atoms with Gasteiger partial charge in [-0.25, -0.2) is 8.78 Å². The number of ether oxygens (including phenoxy) is 1. The minimum atomic E-state index is -2.55. The van der Waals surface area contributed by atoms with E-state index >= 15 is 0 Å². The molecule has 6 heteroatoms. The Kier molecular flexibility index (Phi) is 6.21. The zero-order valence-corrected chi connectivity index (χ0v) is 10.8. The number of alkyl halides is 2. The maximum absolute atomic E-state index is 12.4. The Bertz CT molecular complexity index is 413. The van der Waals surface area contributed by atoms with Gasteiger partial charge in [0.2, 0.25) is 5.91 Å². The van der Waals surface area contributed by atoms with E-state index in [9.17, 15) is 13.6 Å². The van der Waals surface area contributed by atoms with Crippen molar-refractivity contribution in [3.8, 4) is 5.75 Å². The summed E-state index contributed by atoms with van der Waals surface area (Å²) in [6.07, 6.45) is -2.50. The molecule has 0 spiro atoms. The molecule has 106 valence electrons. The van der Waals surface area contributed by atoms with Crippen LogP contribution in [0.4, 0.5) is 8.78 Å². The van der Waals surface area contributed by atoms with Crippen LogP contribution >= 0.6 is 0 Å². The van der Waals surface area contributed by atoms with Crippen LogP contribution in [0.5, 0.6) is 5.75 Å². The Balaban J connectivity index is 2.69. The van der Waals surface area contributed by atoms with Crippen LogP contribution in [0, 0.1) is 0 Å². The highest BCUT2D eigenvalue weighted by Gasteiger charge is 2.17. The molecule has 0 saturated heterocycles. The molecule has 0 unspecified atom stereocenters. The molecular formula is C13H18F2N2O2. The second kappa shape index (κ2) is 7.68. The number of halogens is 2. The van der Waals surface area contributed by atoms with Crippen molar-refractivity contribution in [2.24, 2.45) is 5.73 Å². The molecule has 0 bridgehead atoms. The molecule has 0 radical (unpaired) electrons. The highest BCUT2D eigenvalue weighted by Crippen LogP contribution is 2.14. The van der Waals surface area contributed by atoms with Crippen molar-refractivity contribution in [1.82, 2.24) is 4.90 Å². The van der Waals surface area contributed by atoms with Crippen LogP contribution in [-0.2, 0) is 11.2 Å². The second-order valence-electron chi connectivity index (χ2n) is 4.05. The molecule has 1 aromatic rings. The molecule has 0 aliphatic heterocycles. The van der Waals surface area contributed by atoms with E-state index in [-0.39, 0.29) is 25.4 Å². The summed E-state index contributed by atoms with van der Waals surface area (Å²) >= 11 is 0. The first-order valence-corrected chi connectivity index (χ1v) is 5.95. The molecule has 0 aliphatic carbocycles. The molecule has 1 aromatic carbocycles. The fourth-order valence-electron chi connectivity index (χ4n) is 1.71. The topological polar surface area (TPSA) is 55.6 Å². The minimum absolute atomic E-state index is 0.0594. The molecule has 4 nitrogen and oxygen atoms in total. The van der Waals surface area contributed by atoms with Gasteiger partial charge in [0.05, 0.1) is 20.1 Å². The van der Waals surface area contributed by atoms with Gasteiger partial charge in [-0.3, -0.25) is 4.79 Å². The first-order valence-electron chi connectivity index (χ1n) is 5.95. The van der Waals surface area contributed by atoms with Crippen LogP contribution < -0.4 is 10.5 Å². The third-order valence-corrected chi connectivity index (χ3v) is 2.60. The van der Waals surface area contributed by atoms with Crippen LogP contribution in [0.2, 0.25) is 0 Å². The summed E-state index contributed by atoms with van der Waals surface area (Å²) in [6.45, 7) is -0.288. The lowest BCUT2D eigenvalue weighted by Crippen LogP contribution is -2.39. The predicted octanol–water partition coefficient (Wildman–Crippen LogP) is 1.29. The lowest BCUT2D eigenvalue weighted by Gasteiger charge is -2.21.